The number of hydrogen-bond donors (Lipinski definition) is 0. The summed E-state index contributed by atoms with van der Waals surface area (Å²) in [4.78, 5) is 25.9. The maximum absolute atomic E-state index is 13.4. The fourth-order valence-corrected chi connectivity index (χ4v) is 8.71. The van der Waals surface area contributed by atoms with Gasteiger partial charge in [0.25, 0.3) is 0 Å². The van der Waals surface area contributed by atoms with Gasteiger partial charge in [-0.25, -0.2) is 0 Å². The van der Waals surface area contributed by atoms with E-state index in [1.807, 2.05) is 43.3 Å². The number of benzene rings is 1. The molecule has 0 amide bonds. The first-order chi connectivity index (χ1) is 10.7. The molecule has 0 unspecified atom stereocenters. The van der Waals surface area contributed by atoms with Crippen molar-refractivity contribution in [3.8, 4) is 0 Å². The molecular weight excluding hydrogens is 304 g/mol. The molecule has 0 bridgehead atoms. The van der Waals surface area contributed by atoms with Crippen molar-refractivity contribution in [1.82, 2.24) is 0 Å². The second-order valence-corrected chi connectivity index (χ2v) is 13.1. The largest absolute Gasteiger partial charge is 0.466 e. The number of rotatable bonds is 4. The molecule has 3 nitrogen and oxygen atoms in total. The van der Waals surface area contributed by atoms with E-state index >= 15 is 0 Å². The Hall–Kier alpha value is -1.68. The summed E-state index contributed by atoms with van der Waals surface area (Å²) in [5, 5.41) is -0.558. The number of Topliss-reactive ketones (excluding diaryl/α,β-unsaturated/α-hetero) is 1. The zero-order valence-electron chi connectivity index (χ0n) is 14.5. The fourth-order valence-electron chi connectivity index (χ4n) is 4.85. The average molecular weight is 328 g/mol. The number of fused-ring (bicyclic) bond motifs is 1. The first-order valence-electron chi connectivity index (χ1n) is 8.21. The Kier molecular flexibility index (Phi) is 3.45. The first-order valence-corrected chi connectivity index (χ1v) is 11.7. The maximum atomic E-state index is 13.4. The summed E-state index contributed by atoms with van der Waals surface area (Å²) in [5.41, 5.74) is 1.33. The Morgan fingerprint density at radius 2 is 1.83 bits per heavy atom. The molecule has 0 aliphatic heterocycles. The molecule has 0 heterocycles. The van der Waals surface area contributed by atoms with Crippen molar-refractivity contribution in [2.45, 2.75) is 38.5 Å². The molecule has 0 saturated heterocycles. The molecule has 3 rings (SSSR count). The topological polar surface area (TPSA) is 43.4 Å². The van der Waals surface area contributed by atoms with Gasteiger partial charge in [0.1, 0.15) is 0 Å². The molecule has 2 aliphatic rings. The van der Waals surface area contributed by atoms with Gasteiger partial charge in [0.05, 0.1) is 25.6 Å². The van der Waals surface area contributed by atoms with Crippen LogP contribution in [0.4, 0.5) is 0 Å². The van der Waals surface area contributed by atoms with Crippen molar-refractivity contribution < 1.29 is 14.3 Å². The average Bonchev–Trinajstić information content (AvgIpc) is 2.98. The highest BCUT2D eigenvalue weighted by Gasteiger charge is 2.86. The summed E-state index contributed by atoms with van der Waals surface area (Å²) >= 11 is 0. The summed E-state index contributed by atoms with van der Waals surface area (Å²) in [7, 11) is -1.94. The van der Waals surface area contributed by atoms with E-state index in [1.165, 1.54) is 0 Å². The fraction of sp³-hybridized carbons (Fsp3) is 0.474. The third kappa shape index (κ3) is 1.87. The van der Waals surface area contributed by atoms with Crippen LogP contribution in [0, 0.1) is 11.3 Å². The monoisotopic (exact) mass is 328 g/mol. The van der Waals surface area contributed by atoms with Gasteiger partial charge < -0.3 is 4.74 Å². The van der Waals surface area contributed by atoms with Crippen LogP contribution in [-0.2, 0) is 14.3 Å². The molecule has 0 N–H and O–H groups in total. The van der Waals surface area contributed by atoms with E-state index in [9.17, 15) is 9.59 Å². The van der Waals surface area contributed by atoms with Crippen LogP contribution in [0.1, 0.15) is 19.4 Å². The van der Waals surface area contributed by atoms with Gasteiger partial charge in [0, 0.05) is 11.0 Å². The molecule has 0 radical (unpaired) electrons. The minimum Gasteiger partial charge on any atom is -0.466 e. The number of carbonyl (C=O) groups is 2. The zero-order chi connectivity index (χ0) is 17.0. The lowest BCUT2D eigenvalue weighted by atomic mass is 9.98. The van der Waals surface area contributed by atoms with E-state index in [1.54, 1.807) is 0 Å². The van der Waals surface area contributed by atoms with Crippen molar-refractivity contribution in [3.05, 3.63) is 42.0 Å². The van der Waals surface area contributed by atoms with Crippen molar-refractivity contribution in [2.24, 2.45) is 11.3 Å². The Morgan fingerprint density at radius 1 is 1.22 bits per heavy atom. The third-order valence-electron chi connectivity index (χ3n) is 5.64. The first kappa shape index (κ1) is 16.2. The quantitative estimate of drug-likeness (QED) is 0.621. The molecule has 4 heteroatoms. The molecule has 1 aromatic carbocycles. The minimum atomic E-state index is -1.94. The molecule has 1 aromatic rings. The number of ketones is 1. The van der Waals surface area contributed by atoms with Crippen LogP contribution in [0.2, 0.25) is 24.7 Å². The lowest BCUT2D eigenvalue weighted by Crippen LogP contribution is -2.39. The normalized spacial score (nSPS) is 32.3. The summed E-state index contributed by atoms with van der Waals surface area (Å²) in [5.74, 6) is -0.390. The number of carbonyl (C=O) groups excluding carboxylic acids is 2. The number of ether oxygens (including phenoxy) is 1. The highest BCUT2D eigenvalue weighted by atomic mass is 28.3. The van der Waals surface area contributed by atoms with Crippen LogP contribution >= 0.6 is 0 Å². The van der Waals surface area contributed by atoms with Gasteiger partial charge in [-0.05, 0) is 12.5 Å². The minimum absolute atomic E-state index is 0.142. The number of hydrogen-bond acceptors (Lipinski definition) is 3. The van der Waals surface area contributed by atoms with Gasteiger partial charge in [0.2, 0.25) is 0 Å². The van der Waals surface area contributed by atoms with Gasteiger partial charge in [-0.2, -0.15) is 0 Å². The van der Waals surface area contributed by atoms with Gasteiger partial charge in [-0.3, -0.25) is 9.59 Å². The maximum Gasteiger partial charge on any atom is 0.310 e. The van der Waals surface area contributed by atoms with E-state index in [0.717, 1.165) is 11.1 Å². The van der Waals surface area contributed by atoms with Crippen LogP contribution in [-0.4, -0.2) is 26.4 Å². The molecule has 0 spiro atoms. The van der Waals surface area contributed by atoms with E-state index in [0.29, 0.717) is 6.61 Å². The molecular formula is C19H24O3Si. The molecule has 3 atom stereocenters. The summed E-state index contributed by atoms with van der Waals surface area (Å²) in [6.07, 6.45) is 2.05. The highest BCUT2D eigenvalue weighted by molar-refractivity contribution is 6.86. The lowest BCUT2D eigenvalue weighted by molar-refractivity contribution is -0.146. The second kappa shape index (κ2) is 4.90. The molecule has 1 saturated carbocycles. The molecule has 23 heavy (non-hydrogen) atoms. The van der Waals surface area contributed by atoms with Crippen LogP contribution in [0.5, 0.6) is 0 Å². The summed E-state index contributed by atoms with van der Waals surface area (Å²) in [6, 6.07) is 9.77. The van der Waals surface area contributed by atoms with E-state index in [4.69, 9.17) is 4.74 Å². The van der Waals surface area contributed by atoms with Crippen molar-refractivity contribution in [1.29, 1.82) is 0 Å². The van der Waals surface area contributed by atoms with E-state index in [2.05, 4.69) is 26.6 Å². The second-order valence-electron chi connectivity index (χ2n) is 7.78. The molecule has 1 fully saturated rings. The van der Waals surface area contributed by atoms with E-state index < -0.39 is 18.5 Å². The van der Waals surface area contributed by atoms with Crippen molar-refractivity contribution in [2.75, 3.05) is 6.61 Å². The van der Waals surface area contributed by atoms with Crippen LogP contribution in [0.25, 0.3) is 5.57 Å². The SMILES string of the molecule is CCOC(=O)[C@H]1[C@]2(C)C=C(c3ccccc3)C(=O)[C@]12[Si](C)(C)C. The Morgan fingerprint density at radius 3 is 2.30 bits per heavy atom. The van der Waals surface area contributed by atoms with Crippen molar-refractivity contribution >= 4 is 25.4 Å². The molecule has 122 valence electrons. The summed E-state index contributed by atoms with van der Waals surface area (Å²) in [6.45, 7) is 10.8. The lowest BCUT2D eigenvalue weighted by Gasteiger charge is -2.29. The van der Waals surface area contributed by atoms with Gasteiger partial charge in [-0.15, -0.1) is 0 Å². The number of allylic oxidation sites excluding steroid dienone is 2. The van der Waals surface area contributed by atoms with Crippen LogP contribution < -0.4 is 0 Å². The number of esters is 1. The standard InChI is InChI=1S/C19H24O3Si/c1-6-22-17(21)15-18(2)12-14(13-10-8-7-9-11-13)16(20)19(15,18)23(3,4)5/h7-12,15H,6H2,1-5H3/t15-,18-,19+/m0/s1. The predicted octanol–water partition coefficient (Wildman–Crippen LogP) is 3.93. The predicted molar refractivity (Wildman–Crippen MR) is 93.7 cm³/mol. The van der Waals surface area contributed by atoms with Gasteiger partial charge in [0.15, 0.2) is 5.78 Å². The Labute approximate surface area is 138 Å². The molecule has 0 aromatic heterocycles. The third-order valence-corrected chi connectivity index (χ3v) is 9.06. The zero-order valence-corrected chi connectivity index (χ0v) is 15.5. The van der Waals surface area contributed by atoms with Gasteiger partial charge in [-0.1, -0.05) is 63.0 Å². The smallest absolute Gasteiger partial charge is 0.310 e. The van der Waals surface area contributed by atoms with Crippen LogP contribution in [0.3, 0.4) is 0 Å². The Bertz CT molecular complexity index is 701. The van der Waals surface area contributed by atoms with Crippen molar-refractivity contribution in [3.63, 3.8) is 0 Å². The summed E-state index contributed by atoms with van der Waals surface area (Å²) < 4.78 is 5.28. The van der Waals surface area contributed by atoms with Gasteiger partial charge >= 0.3 is 5.97 Å². The molecule has 2 aliphatic carbocycles. The van der Waals surface area contributed by atoms with Crippen LogP contribution in [0.15, 0.2) is 36.4 Å². The Balaban J connectivity index is 2.10. The van der Waals surface area contributed by atoms with E-state index in [-0.39, 0.29) is 17.7 Å². The highest BCUT2D eigenvalue weighted by Crippen LogP contribution is 2.84.